The molecule has 9 nitrogen and oxygen atoms in total. The highest BCUT2D eigenvalue weighted by atomic mass is 79.9. The largest absolute Gasteiger partial charge is 0.396 e. The van der Waals surface area contributed by atoms with Gasteiger partial charge < -0.3 is 10.0 Å². The van der Waals surface area contributed by atoms with Crippen LogP contribution in [0.25, 0.3) is 0 Å². The lowest BCUT2D eigenvalue weighted by atomic mass is 9.99. The van der Waals surface area contributed by atoms with Gasteiger partial charge in [-0.05, 0) is 25.0 Å². The first-order valence-corrected chi connectivity index (χ1v) is 11.1. The van der Waals surface area contributed by atoms with Gasteiger partial charge in [0.15, 0.2) is 5.78 Å². The molecule has 11 heteroatoms. The SMILES string of the molecule is Cc1cc(C(=O)CCCO)c(N(CCBr)CCOS(C)(=O)=O)c([N+](=O)[O-])c1. The molecule has 0 aliphatic carbocycles. The van der Waals surface area contributed by atoms with Gasteiger partial charge in [0.25, 0.3) is 15.8 Å². The van der Waals surface area contributed by atoms with Crippen molar-refractivity contribution in [3.05, 3.63) is 33.4 Å². The van der Waals surface area contributed by atoms with Crippen LogP contribution in [0.2, 0.25) is 0 Å². The van der Waals surface area contributed by atoms with Crippen LogP contribution >= 0.6 is 15.9 Å². The van der Waals surface area contributed by atoms with Gasteiger partial charge in [-0.25, -0.2) is 0 Å². The molecule has 0 bridgehead atoms. The lowest BCUT2D eigenvalue weighted by Gasteiger charge is -2.26. The van der Waals surface area contributed by atoms with Gasteiger partial charge in [-0.1, -0.05) is 15.9 Å². The third-order valence-corrected chi connectivity index (χ3v) is 4.57. The quantitative estimate of drug-likeness (QED) is 0.163. The predicted octanol–water partition coefficient (Wildman–Crippen LogP) is 2.04. The summed E-state index contributed by atoms with van der Waals surface area (Å²) in [7, 11) is -3.66. The minimum absolute atomic E-state index is 0.0445. The Bertz CT molecular complexity index is 783. The summed E-state index contributed by atoms with van der Waals surface area (Å²) in [4.78, 5) is 25.2. The summed E-state index contributed by atoms with van der Waals surface area (Å²) in [6, 6.07) is 2.94. The fourth-order valence-corrected chi connectivity index (χ4v) is 3.36. The molecule has 0 spiro atoms. The van der Waals surface area contributed by atoms with Crippen molar-refractivity contribution in [2.24, 2.45) is 0 Å². The average Bonchev–Trinajstić information content (AvgIpc) is 2.57. The number of aryl methyl sites for hydroxylation is 1. The van der Waals surface area contributed by atoms with E-state index < -0.39 is 15.0 Å². The minimum atomic E-state index is -3.66. The number of nitrogens with zero attached hydrogens (tertiary/aromatic N) is 2. The molecule has 27 heavy (non-hydrogen) atoms. The maximum atomic E-state index is 12.6. The molecule has 0 atom stereocenters. The van der Waals surface area contributed by atoms with Crippen molar-refractivity contribution in [1.82, 2.24) is 0 Å². The van der Waals surface area contributed by atoms with Crippen molar-refractivity contribution in [3.8, 4) is 0 Å². The maximum absolute atomic E-state index is 12.6. The third kappa shape index (κ3) is 7.53. The van der Waals surface area contributed by atoms with E-state index in [-0.39, 0.29) is 55.3 Å². The number of aliphatic hydroxyl groups is 1. The van der Waals surface area contributed by atoms with Crippen molar-refractivity contribution in [3.63, 3.8) is 0 Å². The summed E-state index contributed by atoms with van der Waals surface area (Å²) in [5.41, 5.74) is 0.632. The number of hydrogen-bond donors (Lipinski definition) is 1. The van der Waals surface area contributed by atoms with Gasteiger partial charge >= 0.3 is 0 Å². The number of ketones is 1. The predicted molar refractivity (Wildman–Crippen MR) is 105 cm³/mol. The van der Waals surface area contributed by atoms with Crippen LogP contribution in [0.1, 0.15) is 28.8 Å². The summed E-state index contributed by atoms with van der Waals surface area (Å²) in [5, 5.41) is 21.0. The van der Waals surface area contributed by atoms with Gasteiger partial charge in [-0.15, -0.1) is 0 Å². The first-order valence-electron chi connectivity index (χ1n) is 8.19. The van der Waals surface area contributed by atoms with Crippen LogP contribution in [0.15, 0.2) is 12.1 Å². The number of halogens is 1. The lowest BCUT2D eigenvalue weighted by Crippen LogP contribution is -2.32. The van der Waals surface area contributed by atoms with Crippen molar-refractivity contribution < 1.29 is 27.4 Å². The van der Waals surface area contributed by atoms with Crippen LogP contribution in [0, 0.1) is 17.0 Å². The zero-order chi connectivity index (χ0) is 20.6. The van der Waals surface area contributed by atoms with E-state index in [0.717, 1.165) is 6.26 Å². The Kier molecular flexibility index (Phi) is 9.30. The number of benzene rings is 1. The van der Waals surface area contributed by atoms with Crippen LogP contribution in [-0.2, 0) is 14.3 Å². The second-order valence-corrected chi connectivity index (χ2v) is 8.33. The lowest BCUT2D eigenvalue weighted by molar-refractivity contribution is -0.384. The molecule has 1 aromatic rings. The molecular formula is C16H23BrN2O7S. The van der Waals surface area contributed by atoms with E-state index in [2.05, 4.69) is 15.9 Å². The fraction of sp³-hybridized carbons (Fsp3) is 0.562. The average molecular weight is 467 g/mol. The molecule has 1 N–H and O–H groups in total. The van der Waals surface area contributed by atoms with E-state index in [9.17, 15) is 23.3 Å². The van der Waals surface area contributed by atoms with Gasteiger partial charge in [0.2, 0.25) is 0 Å². The van der Waals surface area contributed by atoms with Gasteiger partial charge in [0, 0.05) is 43.1 Å². The van der Waals surface area contributed by atoms with Crippen molar-refractivity contribution in [2.45, 2.75) is 19.8 Å². The number of nitro benzene ring substituents is 1. The topological polar surface area (TPSA) is 127 Å². The number of alkyl halides is 1. The molecule has 0 amide bonds. The number of carbonyl (C=O) groups is 1. The Hall–Kier alpha value is -1.56. The number of rotatable bonds is 12. The molecule has 0 heterocycles. The third-order valence-electron chi connectivity index (χ3n) is 3.62. The fourth-order valence-electron chi connectivity index (χ4n) is 2.55. The van der Waals surface area contributed by atoms with E-state index in [1.807, 2.05) is 0 Å². The summed E-state index contributed by atoms with van der Waals surface area (Å²) >= 11 is 3.27. The molecule has 0 fully saturated rings. The van der Waals surface area contributed by atoms with Crippen LogP contribution in [0.5, 0.6) is 0 Å². The highest BCUT2D eigenvalue weighted by molar-refractivity contribution is 9.09. The standard InChI is InChI=1S/C16H23BrN2O7S/c1-12-10-13(15(21)4-3-8-20)16(14(11-12)19(22)23)18(6-5-17)7-9-26-27(2,24)25/h10-11,20H,3-9H2,1-2H3. The number of carbonyl (C=O) groups excluding carboxylic acids is 1. The number of nitro groups is 1. The highest BCUT2D eigenvalue weighted by Crippen LogP contribution is 2.34. The zero-order valence-electron chi connectivity index (χ0n) is 15.2. The minimum Gasteiger partial charge on any atom is -0.396 e. The smallest absolute Gasteiger partial charge is 0.293 e. The van der Waals surface area contributed by atoms with Gasteiger partial charge in [0.05, 0.1) is 17.8 Å². The Balaban J connectivity index is 3.38. The molecule has 0 aliphatic heterocycles. The summed E-state index contributed by atoms with van der Waals surface area (Å²) in [6.45, 7) is 1.63. The molecule has 0 radical (unpaired) electrons. The highest BCUT2D eigenvalue weighted by Gasteiger charge is 2.27. The number of Topliss-reactive ketones (excluding diaryl/α,β-unsaturated/α-hetero) is 1. The van der Waals surface area contributed by atoms with Gasteiger partial charge in [-0.2, -0.15) is 8.42 Å². The van der Waals surface area contributed by atoms with E-state index in [4.69, 9.17) is 9.29 Å². The summed E-state index contributed by atoms with van der Waals surface area (Å²) in [6.07, 6.45) is 1.21. The Labute approximate surface area is 166 Å². The molecule has 0 unspecified atom stereocenters. The van der Waals surface area contributed by atoms with Crippen LogP contribution in [0.3, 0.4) is 0 Å². The van der Waals surface area contributed by atoms with E-state index in [0.29, 0.717) is 17.4 Å². The Morgan fingerprint density at radius 2 is 2.04 bits per heavy atom. The van der Waals surface area contributed by atoms with Crippen LogP contribution in [0.4, 0.5) is 11.4 Å². The van der Waals surface area contributed by atoms with E-state index in [1.54, 1.807) is 17.9 Å². The molecule has 0 aromatic heterocycles. The van der Waals surface area contributed by atoms with E-state index >= 15 is 0 Å². The Morgan fingerprint density at radius 1 is 1.37 bits per heavy atom. The molecular weight excluding hydrogens is 444 g/mol. The molecule has 1 rings (SSSR count). The first-order chi connectivity index (χ1) is 12.6. The Morgan fingerprint density at radius 3 is 2.56 bits per heavy atom. The molecule has 0 saturated heterocycles. The van der Waals surface area contributed by atoms with Gasteiger partial charge in [-0.3, -0.25) is 19.1 Å². The molecule has 0 saturated carbocycles. The van der Waals surface area contributed by atoms with Crippen molar-refractivity contribution in [2.75, 3.05) is 42.8 Å². The van der Waals surface area contributed by atoms with E-state index in [1.165, 1.54) is 6.07 Å². The monoisotopic (exact) mass is 466 g/mol. The van der Waals surface area contributed by atoms with Crippen LogP contribution in [-0.4, -0.2) is 62.1 Å². The summed E-state index contributed by atoms with van der Waals surface area (Å²) < 4.78 is 27.1. The second-order valence-electron chi connectivity index (χ2n) is 5.89. The van der Waals surface area contributed by atoms with Crippen LogP contribution < -0.4 is 4.90 Å². The second kappa shape index (κ2) is 10.7. The number of aliphatic hydroxyl groups excluding tert-OH is 1. The maximum Gasteiger partial charge on any atom is 0.293 e. The number of hydrogen-bond acceptors (Lipinski definition) is 8. The molecule has 0 aliphatic rings. The van der Waals surface area contributed by atoms with Crippen molar-refractivity contribution >= 4 is 43.2 Å². The van der Waals surface area contributed by atoms with Gasteiger partial charge in [0.1, 0.15) is 5.69 Å². The summed E-state index contributed by atoms with van der Waals surface area (Å²) in [5.74, 6) is -0.325. The first kappa shape index (κ1) is 23.5. The molecule has 152 valence electrons. The van der Waals surface area contributed by atoms with Crippen molar-refractivity contribution in [1.29, 1.82) is 0 Å². The normalized spacial score (nSPS) is 11.4. The zero-order valence-corrected chi connectivity index (χ0v) is 17.6. The number of anilines is 1. The molecule has 1 aromatic carbocycles.